The van der Waals surface area contributed by atoms with Crippen molar-refractivity contribution in [2.24, 2.45) is 0 Å². The van der Waals surface area contributed by atoms with E-state index in [0.717, 1.165) is 17.0 Å². The number of aliphatic hydroxyl groups excluding tert-OH is 1. The predicted octanol–water partition coefficient (Wildman–Crippen LogP) is 2.51. The molecule has 0 spiro atoms. The number of aliphatic hydroxyl groups is 1. The Labute approximate surface area is 122 Å². The van der Waals surface area contributed by atoms with E-state index in [1.165, 1.54) is 12.1 Å². The zero-order chi connectivity index (χ0) is 14.5. The van der Waals surface area contributed by atoms with Crippen LogP contribution in [0.5, 0.6) is 0 Å². The molecular formula is C14H17ClFN3O. The summed E-state index contributed by atoms with van der Waals surface area (Å²) >= 11 is 6.04. The summed E-state index contributed by atoms with van der Waals surface area (Å²) < 4.78 is 13.0. The molecule has 0 aliphatic rings. The van der Waals surface area contributed by atoms with Crippen LogP contribution in [-0.4, -0.2) is 33.1 Å². The number of aryl methyl sites for hydroxylation is 1. The van der Waals surface area contributed by atoms with Gasteiger partial charge in [0.1, 0.15) is 5.82 Å². The molecule has 2 N–H and O–H groups in total. The number of nitrogens with zero attached hydrogens (tertiary/aromatic N) is 2. The van der Waals surface area contributed by atoms with Gasteiger partial charge in [0.15, 0.2) is 0 Å². The van der Waals surface area contributed by atoms with Crippen molar-refractivity contribution in [2.75, 3.05) is 13.2 Å². The lowest BCUT2D eigenvalue weighted by molar-refractivity contribution is 0.183. The van der Waals surface area contributed by atoms with Gasteiger partial charge in [-0.05, 0) is 24.6 Å². The number of nitrogens with one attached hydrogen (secondary N) is 1. The van der Waals surface area contributed by atoms with E-state index in [1.807, 2.05) is 11.8 Å². The number of rotatable bonds is 6. The third kappa shape index (κ3) is 3.79. The maximum absolute atomic E-state index is 13.0. The maximum Gasteiger partial charge on any atom is 0.124 e. The molecule has 0 aliphatic heterocycles. The molecule has 1 aromatic carbocycles. The van der Waals surface area contributed by atoms with Crippen molar-refractivity contribution in [3.8, 4) is 0 Å². The van der Waals surface area contributed by atoms with Crippen molar-refractivity contribution in [3.05, 3.63) is 52.3 Å². The number of aromatic amines is 1. The third-order valence-corrected chi connectivity index (χ3v) is 3.48. The zero-order valence-electron chi connectivity index (χ0n) is 11.2. The van der Waals surface area contributed by atoms with Crippen LogP contribution in [0, 0.1) is 12.7 Å². The first kappa shape index (κ1) is 15.0. The Morgan fingerprint density at radius 3 is 2.80 bits per heavy atom. The van der Waals surface area contributed by atoms with Crippen molar-refractivity contribution in [2.45, 2.75) is 20.0 Å². The van der Waals surface area contributed by atoms with Crippen LogP contribution < -0.4 is 0 Å². The lowest BCUT2D eigenvalue weighted by atomic mass is 10.2. The Morgan fingerprint density at radius 1 is 1.40 bits per heavy atom. The number of imidazole rings is 1. The van der Waals surface area contributed by atoms with Crippen molar-refractivity contribution in [3.63, 3.8) is 0 Å². The van der Waals surface area contributed by atoms with Crippen LogP contribution in [0.3, 0.4) is 0 Å². The second-order valence-corrected chi connectivity index (χ2v) is 5.05. The molecular weight excluding hydrogens is 281 g/mol. The van der Waals surface area contributed by atoms with Gasteiger partial charge in [-0.2, -0.15) is 0 Å². The first-order valence-electron chi connectivity index (χ1n) is 6.36. The summed E-state index contributed by atoms with van der Waals surface area (Å²) in [5.41, 5.74) is 2.75. The zero-order valence-corrected chi connectivity index (χ0v) is 12.0. The van der Waals surface area contributed by atoms with E-state index in [0.29, 0.717) is 24.7 Å². The Morgan fingerprint density at radius 2 is 2.20 bits per heavy atom. The molecule has 20 heavy (non-hydrogen) atoms. The quantitative estimate of drug-likeness (QED) is 0.861. The molecule has 4 nitrogen and oxygen atoms in total. The fourth-order valence-corrected chi connectivity index (χ4v) is 2.23. The largest absolute Gasteiger partial charge is 0.395 e. The van der Waals surface area contributed by atoms with Crippen LogP contribution in [0.4, 0.5) is 4.39 Å². The van der Waals surface area contributed by atoms with Gasteiger partial charge in [-0.15, -0.1) is 0 Å². The molecule has 0 atom stereocenters. The molecule has 1 aromatic heterocycles. The van der Waals surface area contributed by atoms with Gasteiger partial charge in [0.2, 0.25) is 0 Å². The molecule has 2 aromatic rings. The Hall–Kier alpha value is -1.43. The molecule has 0 aliphatic carbocycles. The summed E-state index contributed by atoms with van der Waals surface area (Å²) in [4.78, 5) is 9.28. The summed E-state index contributed by atoms with van der Waals surface area (Å²) in [6.07, 6.45) is 1.65. The Balaban J connectivity index is 2.11. The maximum atomic E-state index is 13.0. The van der Waals surface area contributed by atoms with Crippen LogP contribution in [-0.2, 0) is 13.1 Å². The lowest BCUT2D eigenvalue weighted by Gasteiger charge is -2.21. The van der Waals surface area contributed by atoms with Crippen LogP contribution in [0.15, 0.2) is 24.5 Å². The van der Waals surface area contributed by atoms with E-state index < -0.39 is 0 Å². The van der Waals surface area contributed by atoms with Gasteiger partial charge < -0.3 is 10.1 Å². The summed E-state index contributed by atoms with van der Waals surface area (Å²) in [6.45, 7) is 3.63. The number of aromatic nitrogens is 2. The third-order valence-electron chi connectivity index (χ3n) is 3.13. The van der Waals surface area contributed by atoms with Gasteiger partial charge >= 0.3 is 0 Å². The number of hydrogen-bond donors (Lipinski definition) is 2. The minimum atomic E-state index is -0.351. The monoisotopic (exact) mass is 297 g/mol. The van der Waals surface area contributed by atoms with Gasteiger partial charge in [0.05, 0.1) is 18.6 Å². The molecule has 2 rings (SSSR count). The van der Waals surface area contributed by atoms with Crippen LogP contribution >= 0.6 is 11.6 Å². The second kappa shape index (κ2) is 6.83. The van der Waals surface area contributed by atoms with Crippen molar-refractivity contribution < 1.29 is 9.50 Å². The molecule has 0 saturated carbocycles. The molecule has 6 heteroatoms. The SMILES string of the molecule is Cc1[nH]cnc1CN(CCO)Cc1ccc(F)cc1Cl. The van der Waals surface area contributed by atoms with Gasteiger partial charge in [-0.3, -0.25) is 4.90 Å². The summed E-state index contributed by atoms with van der Waals surface area (Å²) in [5.74, 6) is -0.351. The minimum absolute atomic E-state index is 0.0439. The summed E-state index contributed by atoms with van der Waals surface area (Å²) in [6, 6.07) is 4.35. The average Bonchev–Trinajstić information content (AvgIpc) is 2.79. The van der Waals surface area contributed by atoms with Gasteiger partial charge in [-0.25, -0.2) is 9.37 Å². The van der Waals surface area contributed by atoms with E-state index in [4.69, 9.17) is 16.7 Å². The molecule has 108 valence electrons. The van der Waals surface area contributed by atoms with Gasteiger partial charge in [0.25, 0.3) is 0 Å². The fraction of sp³-hybridized carbons (Fsp3) is 0.357. The number of halogens is 2. The van der Waals surface area contributed by atoms with Gasteiger partial charge in [0, 0.05) is 30.4 Å². The smallest absolute Gasteiger partial charge is 0.124 e. The standard InChI is InChI=1S/C14H17ClFN3O/c1-10-14(18-9-17-10)8-19(4-5-20)7-11-2-3-12(16)6-13(11)15/h2-3,6,9,20H,4-5,7-8H2,1H3,(H,17,18). The highest BCUT2D eigenvalue weighted by Crippen LogP contribution is 2.20. The summed E-state index contributed by atoms with van der Waals surface area (Å²) in [5, 5.41) is 9.56. The Kier molecular flexibility index (Phi) is 5.11. The highest BCUT2D eigenvalue weighted by molar-refractivity contribution is 6.31. The summed E-state index contributed by atoms with van der Waals surface area (Å²) in [7, 11) is 0. The number of hydrogen-bond acceptors (Lipinski definition) is 3. The van der Waals surface area contributed by atoms with E-state index in [2.05, 4.69) is 9.97 Å². The minimum Gasteiger partial charge on any atom is -0.395 e. The number of benzene rings is 1. The molecule has 0 fully saturated rings. The van der Waals surface area contributed by atoms with Crippen molar-refractivity contribution in [1.29, 1.82) is 0 Å². The van der Waals surface area contributed by atoms with Crippen molar-refractivity contribution >= 4 is 11.6 Å². The fourth-order valence-electron chi connectivity index (χ4n) is 2.00. The first-order chi connectivity index (χ1) is 9.60. The van der Waals surface area contributed by atoms with E-state index in [-0.39, 0.29) is 12.4 Å². The highest BCUT2D eigenvalue weighted by atomic mass is 35.5. The molecule has 0 saturated heterocycles. The highest BCUT2D eigenvalue weighted by Gasteiger charge is 2.12. The van der Waals surface area contributed by atoms with Crippen LogP contribution in [0.1, 0.15) is 17.0 Å². The molecule has 0 bridgehead atoms. The molecule has 0 radical (unpaired) electrons. The molecule has 1 heterocycles. The van der Waals surface area contributed by atoms with Gasteiger partial charge in [-0.1, -0.05) is 17.7 Å². The van der Waals surface area contributed by atoms with E-state index in [1.54, 1.807) is 12.4 Å². The lowest BCUT2D eigenvalue weighted by Crippen LogP contribution is -2.26. The first-order valence-corrected chi connectivity index (χ1v) is 6.74. The predicted molar refractivity (Wildman–Crippen MR) is 75.9 cm³/mol. The van der Waals surface area contributed by atoms with Crippen molar-refractivity contribution in [1.82, 2.24) is 14.9 Å². The topological polar surface area (TPSA) is 52.2 Å². The second-order valence-electron chi connectivity index (χ2n) is 4.64. The average molecular weight is 298 g/mol. The normalized spacial score (nSPS) is 11.2. The van der Waals surface area contributed by atoms with Crippen LogP contribution in [0.2, 0.25) is 5.02 Å². The van der Waals surface area contributed by atoms with E-state index in [9.17, 15) is 4.39 Å². The number of H-pyrrole nitrogens is 1. The van der Waals surface area contributed by atoms with Crippen LogP contribution in [0.25, 0.3) is 0 Å². The van der Waals surface area contributed by atoms with E-state index >= 15 is 0 Å². The molecule has 0 unspecified atom stereocenters. The Bertz CT molecular complexity index is 573. The molecule has 0 amide bonds.